The summed E-state index contributed by atoms with van der Waals surface area (Å²) in [6.45, 7) is 2.34. The van der Waals surface area contributed by atoms with Crippen molar-refractivity contribution in [2.75, 3.05) is 19.0 Å². The van der Waals surface area contributed by atoms with Gasteiger partial charge in [-0.1, -0.05) is 6.92 Å². The molecule has 8 nitrogen and oxygen atoms in total. The zero-order valence-electron chi connectivity index (χ0n) is 14.2. The fraction of sp³-hybridized carbons (Fsp3) is 0.375. The lowest BCUT2D eigenvalue weighted by Gasteiger charge is -2.16. The third kappa shape index (κ3) is 5.30. The van der Waals surface area contributed by atoms with E-state index < -0.39 is 16.1 Å². The molecule has 0 fully saturated rings. The molecule has 9 heteroatoms. The van der Waals surface area contributed by atoms with Crippen molar-refractivity contribution in [2.24, 2.45) is 0 Å². The minimum atomic E-state index is -3.61. The Labute approximate surface area is 147 Å². The first-order valence-electron chi connectivity index (χ1n) is 7.90. The molecule has 0 aliphatic rings. The number of ether oxygens (including phenoxy) is 1. The molecule has 0 aliphatic carbocycles. The van der Waals surface area contributed by atoms with Crippen LogP contribution < -0.4 is 10.0 Å². The van der Waals surface area contributed by atoms with E-state index in [0.29, 0.717) is 18.7 Å². The number of carbonyl (C=O) groups is 1. The predicted molar refractivity (Wildman–Crippen MR) is 93.8 cm³/mol. The molecule has 2 N–H and O–H groups in total. The third-order valence-corrected chi connectivity index (χ3v) is 5.21. The summed E-state index contributed by atoms with van der Waals surface area (Å²) in [5.74, 6) is 0. The van der Waals surface area contributed by atoms with Crippen LogP contribution in [0.5, 0.6) is 0 Å². The first-order valence-corrected chi connectivity index (χ1v) is 9.38. The van der Waals surface area contributed by atoms with Crippen LogP contribution in [0.4, 0.5) is 10.5 Å². The van der Waals surface area contributed by atoms with Crippen LogP contribution in [0.25, 0.3) is 0 Å². The molecule has 0 saturated heterocycles. The topological polar surface area (TPSA) is 102 Å². The van der Waals surface area contributed by atoms with E-state index >= 15 is 0 Å². The smallest absolute Gasteiger partial charge is 0.411 e. The van der Waals surface area contributed by atoms with Gasteiger partial charge in [0.2, 0.25) is 10.0 Å². The Balaban J connectivity index is 1.93. The number of anilines is 1. The minimum absolute atomic E-state index is 0.134. The Bertz CT molecular complexity index is 773. The summed E-state index contributed by atoms with van der Waals surface area (Å²) in [7, 11) is -2.35. The zero-order chi connectivity index (χ0) is 18.3. The van der Waals surface area contributed by atoms with E-state index in [1.54, 1.807) is 6.20 Å². The molecule has 0 bridgehead atoms. The van der Waals surface area contributed by atoms with Crippen molar-refractivity contribution in [3.05, 3.63) is 42.7 Å². The van der Waals surface area contributed by atoms with Gasteiger partial charge in [-0.15, -0.1) is 0 Å². The molecule has 1 aromatic heterocycles. The number of benzene rings is 1. The molecule has 1 amide bonds. The van der Waals surface area contributed by atoms with Gasteiger partial charge >= 0.3 is 6.09 Å². The average Bonchev–Trinajstić information content (AvgIpc) is 3.13. The molecule has 25 heavy (non-hydrogen) atoms. The predicted octanol–water partition coefficient (Wildman–Crippen LogP) is 2.38. The fourth-order valence-electron chi connectivity index (χ4n) is 2.35. The second-order valence-corrected chi connectivity index (χ2v) is 7.14. The van der Waals surface area contributed by atoms with Crippen LogP contribution in [0.3, 0.4) is 0 Å². The number of methoxy groups -OCH3 is 1. The van der Waals surface area contributed by atoms with E-state index in [0.717, 1.165) is 6.42 Å². The highest BCUT2D eigenvalue weighted by Gasteiger charge is 2.15. The van der Waals surface area contributed by atoms with E-state index in [4.69, 9.17) is 0 Å². The van der Waals surface area contributed by atoms with Crippen LogP contribution in [0, 0.1) is 0 Å². The number of hydrogen-bond acceptors (Lipinski definition) is 5. The molecule has 1 aromatic carbocycles. The van der Waals surface area contributed by atoms with Crippen molar-refractivity contribution < 1.29 is 17.9 Å². The van der Waals surface area contributed by atoms with Gasteiger partial charge in [-0.2, -0.15) is 5.10 Å². The third-order valence-electron chi connectivity index (χ3n) is 3.74. The molecule has 0 unspecified atom stereocenters. The number of rotatable bonds is 8. The van der Waals surface area contributed by atoms with Gasteiger partial charge in [0, 0.05) is 24.6 Å². The van der Waals surface area contributed by atoms with Gasteiger partial charge in [0.1, 0.15) is 0 Å². The van der Waals surface area contributed by atoms with Crippen molar-refractivity contribution in [2.45, 2.75) is 30.7 Å². The van der Waals surface area contributed by atoms with Crippen LogP contribution in [-0.4, -0.2) is 37.9 Å². The molecule has 0 aliphatic heterocycles. The summed E-state index contributed by atoms with van der Waals surface area (Å²) in [4.78, 5) is 11.3. The fourth-order valence-corrected chi connectivity index (χ4v) is 3.40. The highest BCUT2D eigenvalue weighted by Crippen LogP contribution is 2.16. The van der Waals surface area contributed by atoms with Crippen molar-refractivity contribution in [1.29, 1.82) is 0 Å². The number of nitrogens with one attached hydrogen (secondary N) is 2. The molecular weight excluding hydrogens is 344 g/mol. The summed E-state index contributed by atoms with van der Waals surface area (Å²) < 4.78 is 33.6. The van der Waals surface area contributed by atoms with Gasteiger partial charge < -0.3 is 4.74 Å². The lowest BCUT2D eigenvalue weighted by Crippen LogP contribution is -2.27. The van der Waals surface area contributed by atoms with Gasteiger partial charge in [-0.05, 0) is 43.2 Å². The van der Waals surface area contributed by atoms with Crippen LogP contribution >= 0.6 is 0 Å². The number of carbonyl (C=O) groups excluding carboxylic acids is 1. The van der Waals surface area contributed by atoms with Crippen molar-refractivity contribution >= 4 is 21.8 Å². The zero-order valence-corrected chi connectivity index (χ0v) is 15.0. The van der Waals surface area contributed by atoms with Crippen LogP contribution in [0.2, 0.25) is 0 Å². The molecule has 2 aromatic rings. The van der Waals surface area contributed by atoms with Gasteiger partial charge in [0.15, 0.2) is 0 Å². The van der Waals surface area contributed by atoms with E-state index in [-0.39, 0.29) is 10.9 Å². The van der Waals surface area contributed by atoms with Gasteiger partial charge in [-0.3, -0.25) is 10.00 Å². The Hall–Kier alpha value is -2.39. The lowest BCUT2D eigenvalue weighted by atomic mass is 10.1. The van der Waals surface area contributed by atoms with Crippen LogP contribution in [-0.2, 0) is 14.8 Å². The normalized spacial score (nSPS) is 12.6. The molecule has 0 spiro atoms. The number of aromatic nitrogens is 2. The van der Waals surface area contributed by atoms with Crippen molar-refractivity contribution in [3.63, 3.8) is 0 Å². The van der Waals surface area contributed by atoms with E-state index in [1.807, 2.05) is 23.9 Å². The summed E-state index contributed by atoms with van der Waals surface area (Å²) in [5.41, 5.74) is 0.454. The van der Waals surface area contributed by atoms with Gasteiger partial charge in [0.05, 0.1) is 18.0 Å². The van der Waals surface area contributed by atoms with E-state index in [9.17, 15) is 13.2 Å². The number of sulfonamides is 1. The Morgan fingerprint density at radius 3 is 2.60 bits per heavy atom. The largest absolute Gasteiger partial charge is 0.453 e. The summed E-state index contributed by atoms with van der Waals surface area (Å²) >= 11 is 0. The van der Waals surface area contributed by atoms with Crippen LogP contribution in [0.15, 0.2) is 47.6 Å². The molecular formula is C16H22N4O4S. The maximum absolute atomic E-state index is 12.3. The summed E-state index contributed by atoms with van der Waals surface area (Å²) in [5, 5.41) is 6.66. The van der Waals surface area contributed by atoms with Crippen LogP contribution in [0.1, 0.15) is 25.8 Å². The highest BCUT2D eigenvalue weighted by molar-refractivity contribution is 7.89. The molecule has 0 saturated carbocycles. The first kappa shape index (κ1) is 18.9. The monoisotopic (exact) mass is 366 g/mol. The van der Waals surface area contributed by atoms with Crippen molar-refractivity contribution in [3.8, 4) is 0 Å². The van der Waals surface area contributed by atoms with E-state index in [2.05, 4.69) is 19.9 Å². The van der Waals surface area contributed by atoms with E-state index in [1.165, 1.54) is 31.4 Å². The molecule has 1 heterocycles. The number of amides is 1. The summed E-state index contributed by atoms with van der Waals surface area (Å²) in [6, 6.07) is 7.85. The highest BCUT2D eigenvalue weighted by atomic mass is 32.2. The Morgan fingerprint density at radius 2 is 2.04 bits per heavy atom. The second-order valence-electron chi connectivity index (χ2n) is 5.38. The standard InChI is InChI=1S/C16H22N4O4S/c1-3-14(20-12-4-10-17-20)9-11-18-25(22,23)15-7-5-13(6-8-15)19-16(21)24-2/h4-8,10,12,14,18H,3,9,11H2,1-2H3,(H,19,21)/t14-/m1/s1. The first-order chi connectivity index (χ1) is 12.0. The molecule has 0 radical (unpaired) electrons. The quantitative estimate of drug-likeness (QED) is 0.747. The maximum Gasteiger partial charge on any atom is 0.411 e. The Morgan fingerprint density at radius 1 is 1.32 bits per heavy atom. The number of hydrogen-bond donors (Lipinski definition) is 2. The molecule has 1 atom stereocenters. The lowest BCUT2D eigenvalue weighted by molar-refractivity contribution is 0.187. The van der Waals surface area contributed by atoms with Gasteiger partial charge in [0.25, 0.3) is 0 Å². The molecule has 2 rings (SSSR count). The molecule has 136 valence electrons. The second kappa shape index (κ2) is 8.63. The van der Waals surface area contributed by atoms with Gasteiger partial charge in [-0.25, -0.2) is 17.9 Å². The van der Waals surface area contributed by atoms with Crippen molar-refractivity contribution in [1.82, 2.24) is 14.5 Å². The minimum Gasteiger partial charge on any atom is -0.453 e. The maximum atomic E-state index is 12.3. The number of nitrogens with zero attached hydrogens (tertiary/aromatic N) is 2. The Kier molecular flexibility index (Phi) is 6.54. The average molecular weight is 366 g/mol. The SMILES string of the molecule is CC[C@H](CCNS(=O)(=O)c1ccc(NC(=O)OC)cc1)n1cccn1. The summed E-state index contributed by atoms with van der Waals surface area (Å²) in [6.07, 6.45) is 4.46.